The molecule has 0 saturated heterocycles. The first-order valence-electron chi connectivity index (χ1n) is 7.30. The van der Waals surface area contributed by atoms with Gasteiger partial charge in [-0.1, -0.05) is 6.92 Å². The maximum absolute atomic E-state index is 12.1. The van der Waals surface area contributed by atoms with Crippen molar-refractivity contribution in [3.63, 3.8) is 0 Å². The topological polar surface area (TPSA) is 67.4 Å². The predicted octanol–water partition coefficient (Wildman–Crippen LogP) is 2.18. The summed E-state index contributed by atoms with van der Waals surface area (Å²) in [4.78, 5) is 24.0. The Bertz CT molecular complexity index is 513. The molecule has 1 aliphatic carbocycles. The van der Waals surface area contributed by atoms with Crippen LogP contribution in [0.5, 0.6) is 5.75 Å². The quantitative estimate of drug-likeness (QED) is 0.844. The van der Waals surface area contributed by atoms with Crippen molar-refractivity contribution in [3.05, 3.63) is 24.3 Å². The molecule has 5 heteroatoms. The Labute approximate surface area is 125 Å². The van der Waals surface area contributed by atoms with E-state index >= 15 is 0 Å². The molecule has 2 N–H and O–H groups in total. The first kappa shape index (κ1) is 15.4. The van der Waals surface area contributed by atoms with Crippen LogP contribution in [-0.2, 0) is 9.59 Å². The van der Waals surface area contributed by atoms with Gasteiger partial charge in [0.25, 0.3) is 0 Å². The molecule has 0 aliphatic heterocycles. The summed E-state index contributed by atoms with van der Waals surface area (Å²) in [6.07, 6.45) is 1.52. The van der Waals surface area contributed by atoms with Gasteiger partial charge in [-0.05, 0) is 44.0 Å². The third-order valence-corrected chi connectivity index (χ3v) is 3.82. The van der Waals surface area contributed by atoms with E-state index in [4.69, 9.17) is 4.74 Å². The summed E-state index contributed by atoms with van der Waals surface area (Å²) < 4.78 is 5.06. The molecular weight excluding hydrogens is 268 g/mol. The lowest BCUT2D eigenvalue weighted by Gasteiger charge is -2.11. The maximum Gasteiger partial charge on any atom is 0.228 e. The number of amides is 2. The monoisotopic (exact) mass is 290 g/mol. The van der Waals surface area contributed by atoms with E-state index in [1.807, 2.05) is 13.8 Å². The van der Waals surface area contributed by atoms with Gasteiger partial charge in [-0.25, -0.2) is 0 Å². The third-order valence-electron chi connectivity index (χ3n) is 3.82. The standard InChI is InChI=1S/C16H22N2O3/c1-4-10(2)17-15(19)13-9-14(13)16(20)18-11-5-7-12(21-3)8-6-11/h5-8,10,13-14H,4,9H2,1-3H3,(H,17,19)(H,18,20). The van der Waals surface area contributed by atoms with Crippen molar-refractivity contribution < 1.29 is 14.3 Å². The number of ether oxygens (including phenoxy) is 1. The zero-order valence-corrected chi connectivity index (χ0v) is 12.7. The van der Waals surface area contributed by atoms with E-state index in [2.05, 4.69) is 10.6 Å². The van der Waals surface area contributed by atoms with Crippen molar-refractivity contribution in [2.75, 3.05) is 12.4 Å². The molecule has 1 saturated carbocycles. The highest BCUT2D eigenvalue weighted by atomic mass is 16.5. The van der Waals surface area contributed by atoms with Crippen LogP contribution >= 0.6 is 0 Å². The van der Waals surface area contributed by atoms with E-state index in [9.17, 15) is 9.59 Å². The van der Waals surface area contributed by atoms with Crippen LogP contribution in [0.3, 0.4) is 0 Å². The molecule has 1 aromatic rings. The summed E-state index contributed by atoms with van der Waals surface area (Å²) in [6.45, 7) is 3.98. The molecule has 3 atom stereocenters. The van der Waals surface area contributed by atoms with Crippen LogP contribution in [0.1, 0.15) is 26.7 Å². The van der Waals surface area contributed by atoms with Crippen LogP contribution in [0.25, 0.3) is 0 Å². The molecule has 1 fully saturated rings. The largest absolute Gasteiger partial charge is 0.497 e. The molecule has 2 rings (SSSR count). The highest BCUT2D eigenvalue weighted by Gasteiger charge is 2.48. The van der Waals surface area contributed by atoms with Crippen molar-refractivity contribution >= 4 is 17.5 Å². The van der Waals surface area contributed by atoms with Crippen molar-refractivity contribution in [3.8, 4) is 5.75 Å². The summed E-state index contributed by atoms with van der Waals surface area (Å²) >= 11 is 0. The average molecular weight is 290 g/mol. The number of methoxy groups -OCH3 is 1. The summed E-state index contributed by atoms with van der Waals surface area (Å²) in [5.74, 6) is 0.238. The third kappa shape index (κ3) is 3.97. The number of nitrogens with one attached hydrogen (secondary N) is 2. The van der Waals surface area contributed by atoms with E-state index in [1.165, 1.54) is 0 Å². The molecule has 114 valence electrons. The molecule has 2 amide bonds. The number of rotatable bonds is 6. The number of anilines is 1. The Morgan fingerprint density at radius 1 is 1.24 bits per heavy atom. The van der Waals surface area contributed by atoms with Gasteiger partial charge in [0.15, 0.2) is 0 Å². The summed E-state index contributed by atoms with van der Waals surface area (Å²) in [6, 6.07) is 7.30. The SMILES string of the molecule is CCC(C)NC(=O)C1CC1C(=O)Nc1ccc(OC)cc1. The molecule has 0 aromatic heterocycles. The molecule has 5 nitrogen and oxygen atoms in total. The number of carbonyl (C=O) groups excluding carboxylic acids is 2. The molecule has 1 aromatic carbocycles. The van der Waals surface area contributed by atoms with Crippen LogP contribution in [0.15, 0.2) is 24.3 Å². The normalized spacial score (nSPS) is 21.3. The van der Waals surface area contributed by atoms with Gasteiger partial charge < -0.3 is 15.4 Å². The lowest BCUT2D eigenvalue weighted by Crippen LogP contribution is -2.34. The Morgan fingerprint density at radius 3 is 2.43 bits per heavy atom. The second kappa shape index (κ2) is 6.61. The lowest BCUT2D eigenvalue weighted by molar-refractivity contribution is -0.125. The minimum Gasteiger partial charge on any atom is -0.497 e. The van der Waals surface area contributed by atoms with Gasteiger partial charge in [0, 0.05) is 11.7 Å². The second-order valence-corrected chi connectivity index (χ2v) is 5.48. The number of benzene rings is 1. The highest BCUT2D eigenvalue weighted by Crippen LogP contribution is 2.39. The van der Waals surface area contributed by atoms with Gasteiger partial charge in [0.05, 0.1) is 18.9 Å². The summed E-state index contributed by atoms with van der Waals surface area (Å²) in [5, 5.41) is 5.75. The fourth-order valence-electron chi connectivity index (χ4n) is 2.14. The number of hydrogen-bond donors (Lipinski definition) is 2. The minimum absolute atomic E-state index is 0.0146. The maximum atomic E-state index is 12.1. The molecule has 0 heterocycles. The molecule has 0 spiro atoms. The van der Waals surface area contributed by atoms with Crippen LogP contribution in [0.4, 0.5) is 5.69 Å². The van der Waals surface area contributed by atoms with Crippen molar-refractivity contribution in [1.82, 2.24) is 5.32 Å². The second-order valence-electron chi connectivity index (χ2n) is 5.48. The smallest absolute Gasteiger partial charge is 0.228 e. The summed E-state index contributed by atoms with van der Waals surface area (Å²) in [7, 11) is 1.60. The van der Waals surface area contributed by atoms with E-state index in [1.54, 1.807) is 31.4 Å². The van der Waals surface area contributed by atoms with Gasteiger partial charge in [-0.2, -0.15) is 0 Å². The molecule has 0 bridgehead atoms. The fourth-order valence-corrected chi connectivity index (χ4v) is 2.14. The van der Waals surface area contributed by atoms with Crippen molar-refractivity contribution in [2.24, 2.45) is 11.8 Å². The predicted molar refractivity (Wildman–Crippen MR) is 81.1 cm³/mol. The van der Waals surface area contributed by atoms with E-state index in [0.29, 0.717) is 12.1 Å². The van der Waals surface area contributed by atoms with Crippen LogP contribution in [0, 0.1) is 11.8 Å². The van der Waals surface area contributed by atoms with Crippen LogP contribution < -0.4 is 15.4 Å². The van der Waals surface area contributed by atoms with Gasteiger partial charge in [-0.3, -0.25) is 9.59 Å². The molecule has 0 radical (unpaired) electrons. The Kier molecular flexibility index (Phi) is 4.83. The van der Waals surface area contributed by atoms with Crippen LogP contribution in [0.2, 0.25) is 0 Å². The minimum atomic E-state index is -0.212. The number of hydrogen-bond acceptors (Lipinski definition) is 3. The average Bonchev–Trinajstić information content (AvgIpc) is 3.28. The Morgan fingerprint density at radius 2 is 1.86 bits per heavy atom. The zero-order valence-electron chi connectivity index (χ0n) is 12.7. The lowest BCUT2D eigenvalue weighted by atomic mass is 10.2. The Hall–Kier alpha value is -2.04. The summed E-state index contributed by atoms with van der Waals surface area (Å²) in [5.41, 5.74) is 0.716. The van der Waals surface area contributed by atoms with Crippen LogP contribution in [-0.4, -0.2) is 25.0 Å². The van der Waals surface area contributed by atoms with Gasteiger partial charge in [0.2, 0.25) is 11.8 Å². The molecule has 3 unspecified atom stereocenters. The molecule has 1 aliphatic rings. The highest BCUT2D eigenvalue weighted by molar-refractivity contribution is 5.99. The van der Waals surface area contributed by atoms with Crippen molar-refractivity contribution in [1.29, 1.82) is 0 Å². The first-order chi connectivity index (χ1) is 10.0. The van der Waals surface area contributed by atoms with Gasteiger partial charge in [-0.15, -0.1) is 0 Å². The van der Waals surface area contributed by atoms with E-state index in [-0.39, 0.29) is 29.7 Å². The fraction of sp³-hybridized carbons (Fsp3) is 0.500. The van der Waals surface area contributed by atoms with Crippen molar-refractivity contribution in [2.45, 2.75) is 32.7 Å². The zero-order chi connectivity index (χ0) is 15.4. The van der Waals surface area contributed by atoms with Gasteiger partial charge in [0.1, 0.15) is 5.75 Å². The molecule has 21 heavy (non-hydrogen) atoms. The Balaban J connectivity index is 1.83. The molecular formula is C16H22N2O3. The first-order valence-corrected chi connectivity index (χ1v) is 7.30. The van der Waals surface area contributed by atoms with E-state index < -0.39 is 0 Å². The van der Waals surface area contributed by atoms with E-state index in [0.717, 1.165) is 12.2 Å². The van der Waals surface area contributed by atoms with Gasteiger partial charge >= 0.3 is 0 Å². The number of carbonyl (C=O) groups is 2.